The number of benzene rings is 1. The summed E-state index contributed by atoms with van der Waals surface area (Å²) in [6.07, 6.45) is 3.24. The second-order valence-corrected chi connectivity index (χ2v) is 5.74. The molecule has 25 heavy (non-hydrogen) atoms. The van der Waals surface area contributed by atoms with E-state index in [0.29, 0.717) is 22.3 Å². The lowest BCUT2D eigenvalue weighted by atomic mass is 10.2. The van der Waals surface area contributed by atoms with Gasteiger partial charge in [-0.3, -0.25) is 9.59 Å². The molecule has 0 fully saturated rings. The van der Waals surface area contributed by atoms with Gasteiger partial charge < -0.3 is 15.2 Å². The van der Waals surface area contributed by atoms with Crippen molar-refractivity contribution in [2.75, 3.05) is 5.32 Å². The van der Waals surface area contributed by atoms with Crippen molar-refractivity contribution in [2.24, 2.45) is 7.05 Å². The molecule has 0 bridgehead atoms. The van der Waals surface area contributed by atoms with Crippen LogP contribution < -0.4 is 10.6 Å². The number of amides is 2. The Morgan fingerprint density at radius 2 is 1.96 bits per heavy atom. The van der Waals surface area contributed by atoms with Crippen LogP contribution in [-0.2, 0) is 18.4 Å². The maximum atomic E-state index is 12.9. The molecule has 128 valence electrons. The summed E-state index contributed by atoms with van der Waals surface area (Å²) in [6.45, 7) is 1.69. The van der Waals surface area contributed by atoms with Gasteiger partial charge in [0.15, 0.2) is 0 Å². The largest absolute Gasteiger partial charge is 0.348 e. The van der Waals surface area contributed by atoms with Gasteiger partial charge in [-0.25, -0.2) is 9.37 Å². The number of hydrogen-bond donors (Lipinski definition) is 2. The Kier molecular flexibility index (Phi) is 4.47. The third-order valence-corrected chi connectivity index (χ3v) is 3.74. The Bertz CT molecular complexity index is 948. The minimum absolute atomic E-state index is 0.209. The van der Waals surface area contributed by atoms with Gasteiger partial charge in [-0.05, 0) is 23.8 Å². The minimum Gasteiger partial charge on any atom is -0.348 e. The summed E-state index contributed by atoms with van der Waals surface area (Å²) < 4.78 is 14.7. The molecule has 3 rings (SSSR count). The van der Waals surface area contributed by atoms with Crippen molar-refractivity contribution in [3.05, 3.63) is 59.7 Å². The summed E-state index contributed by atoms with van der Waals surface area (Å²) in [5.41, 5.74) is 2.42. The van der Waals surface area contributed by atoms with Gasteiger partial charge in [-0.1, -0.05) is 12.1 Å². The van der Waals surface area contributed by atoms with E-state index in [4.69, 9.17) is 0 Å². The van der Waals surface area contributed by atoms with Crippen molar-refractivity contribution in [1.82, 2.24) is 14.9 Å². The van der Waals surface area contributed by atoms with Crippen LogP contribution in [0.3, 0.4) is 0 Å². The van der Waals surface area contributed by atoms with Gasteiger partial charge in [0.05, 0.1) is 17.4 Å². The highest BCUT2D eigenvalue weighted by atomic mass is 19.1. The molecule has 0 radical (unpaired) electrons. The predicted octanol–water partition coefficient (Wildman–Crippen LogP) is 2.60. The van der Waals surface area contributed by atoms with E-state index in [2.05, 4.69) is 15.6 Å². The number of rotatable bonds is 4. The number of pyridine rings is 1. The van der Waals surface area contributed by atoms with Gasteiger partial charge in [0, 0.05) is 32.1 Å². The first-order valence-electron chi connectivity index (χ1n) is 7.69. The first kappa shape index (κ1) is 16.6. The highest BCUT2D eigenvalue weighted by Gasteiger charge is 2.15. The number of halogens is 1. The molecule has 0 unspecified atom stereocenters. The van der Waals surface area contributed by atoms with Crippen LogP contribution in [0.15, 0.2) is 42.7 Å². The van der Waals surface area contributed by atoms with Crippen LogP contribution in [0, 0.1) is 5.82 Å². The number of nitrogens with zero attached hydrogens (tertiary/aromatic N) is 2. The van der Waals surface area contributed by atoms with Crippen molar-refractivity contribution in [1.29, 1.82) is 0 Å². The monoisotopic (exact) mass is 340 g/mol. The topological polar surface area (TPSA) is 76.0 Å². The summed E-state index contributed by atoms with van der Waals surface area (Å²) in [5, 5.41) is 6.11. The van der Waals surface area contributed by atoms with E-state index in [1.165, 1.54) is 19.1 Å². The van der Waals surface area contributed by atoms with Gasteiger partial charge in [0.25, 0.3) is 5.91 Å². The highest BCUT2D eigenvalue weighted by molar-refractivity contribution is 6.07. The van der Waals surface area contributed by atoms with Crippen molar-refractivity contribution in [3.63, 3.8) is 0 Å². The Balaban J connectivity index is 1.84. The number of fused-ring (bicyclic) bond motifs is 1. The molecule has 2 amide bonds. The van der Waals surface area contributed by atoms with Crippen LogP contribution >= 0.6 is 0 Å². The fourth-order valence-corrected chi connectivity index (χ4v) is 2.59. The fourth-order valence-electron chi connectivity index (χ4n) is 2.59. The molecule has 2 heterocycles. The molecule has 7 heteroatoms. The molecule has 0 atom stereocenters. The summed E-state index contributed by atoms with van der Waals surface area (Å²) in [5.74, 6) is -0.795. The normalized spacial score (nSPS) is 10.7. The van der Waals surface area contributed by atoms with Crippen molar-refractivity contribution in [2.45, 2.75) is 13.5 Å². The van der Waals surface area contributed by atoms with Gasteiger partial charge in [-0.15, -0.1) is 0 Å². The maximum absolute atomic E-state index is 12.9. The molecular weight excluding hydrogens is 323 g/mol. The molecule has 3 aromatic rings. The molecular formula is C18H17FN4O2. The average Bonchev–Trinajstić information content (AvgIpc) is 2.90. The van der Waals surface area contributed by atoms with Crippen molar-refractivity contribution < 1.29 is 14.0 Å². The van der Waals surface area contributed by atoms with E-state index in [1.54, 1.807) is 42.2 Å². The Morgan fingerprint density at radius 1 is 1.24 bits per heavy atom. The summed E-state index contributed by atoms with van der Waals surface area (Å²) in [7, 11) is 1.80. The molecule has 0 aliphatic heterocycles. The summed E-state index contributed by atoms with van der Waals surface area (Å²) in [4.78, 5) is 28.0. The standard InChI is InChI=1S/C18H17FN4O2/c1-11(24)22-14-7-15-16(10-23(2)17(15)20-9-14)18(25)21-8-12-3-5-13(19)6-4-12/h3-7,9-10H,8H2,1-2H3,(H,21,25)(H,22,24). The quantitative estimate of drug-likeness (QED) is 0.766. The van der Waals surface area contributed by atoms with Gasteiger partial charge in [0.1, 0.15) is 11.5 Å². The predicted molar refractivity (Wildman–Crippen MR) is 92.6 cm³/mol. The molecule has 2 N–H and O–H groups in total. The maximum Gasteiger partial charge on any atom is 0.253 e. The van der Waals surface area contributed by atoms with E-state index in [-0.39, 0.29) is 24.2 Å². The molecule has 6 nitrogen and oxygen atoms in total. The molecule has 0 saturated carbocycles. The number of anilines is 1. The Hall–Kier alpha value is -3.22. The summed E-state index contributed by atoms with van der Waals surface area (Å²) >= 11 is 0. The Morgan fingerprint density at radius 3 is 2.64 bits per heavy atom. The van der Waals surface area contributed by atoms with E-state index >= 15 is 0 Å². The van der Waals surface area contributed by atoms with E-state index in [9.17, 15) is 14.0 Å². The lowest BCUT2D eigenvalue weighted by Crippen LogP contribution is -2.22. The number of aromatic nitrogens is 2. The molecule has 0 aliphatic carbocycles. The third-order valence-electron chi connectivity index (χ3n) is 3.74. The Labute approximate surface area is 143 Å². The highest BCUT2D eigenvalue weighted by Crippen LogP contribution is 2.22. The zero-order chi connectivity index (χ0) is 18.0. The number of carbonyl (C=O) groups is 2. The van der Waals surface area contributed by atoms with E-state index in [1.807, 2.05) is 0 Å². The van der Waals surface area contributed by atoms with Crippen LogP contribution in [0.5, 0.6) is 0 Å². The minimum atomic E-state index is -0.319. The zero-order valence-electron chi connectivity index (χ0n) is 13.8. The lowest BCUT2D eigenvalue weighted by molar-refractivity contribution is -0.114. The average molecular weight is 340 g/mol. The number of aryl methyl sites for hydroxylation is 1. The second kappa shape index (κ2) is 6.72. The van der Waals surface area contributed by atoms with Crippen LogP contribution in [0.25, 0.3) is 11.0 Å². The molecule has 2 aromatic heterocycles. The van der Waals surface area contributed by atoms with E-state index < -0.39 is 0 Å². The van der Waals surface area contributed by atoms with Gasteiger partial charge in [0.2, 0.25) is 5.91 Å². The number of hydrogen-bond acceptors (Lipinski definition) is 3. The first-order chi connectivity index (χ1) is 11.9. The number of nitrogens with one attached hydrogen (secondary N) is 2. The first-order valence-corrected chi connectivity index (χ1v) is 7.69. The lowest BCUT2D eigenvalue weighted by Gasteiger charge is -2.05. The molecule has 1 aromatic carbocycles. The molecule has 0 saturated heterocycles. The molecule has 0 spiro atoms. The smallest absolute Gasteiger partial charge is 0.253 e. The van der Waals surface area contributed by atoms with E-state index in [0.717, 1.165) is 5.56 Å². The van der Waals surface area contributed by atoms with Crippen LogP contribution in [0.1, 0.15) is 22.8 Å². The zero-order valence-corrected chi connectivity index (χ0v) is 13.8. The van der Waals surface area contributed by atoms with Crippen molar-refractivity contribution >= 4 is 28.5 Å². The second-order valence-electron chi connectivity index (χ2n) is 5.74. The van der Waals surface area contributed by atoms with Gasteiger partial charge >= 0.3 is 0 Å². The van der Waals surface area contributed by atoms with Crippen LogP contribution in [-0.4, -0.2) is 21.4 Å². The van der Waals surface area contributed by atoms with Gasteiger partial charge in [-0.2, -0.15) is 0 Å². The fraction of sp³-hybridized carbons (Fsp3) is 0.167. The van der Waals surface area contributed by atoms with Crippen molar-refractivity contribution in [3.8, 4) is 0 Å². The number of carbonyl (C=O) groups excluding carboxylic acids is 2. The van der Waals surface area contributed by atoms with Crippen LogP contribution in [0.2, 0.25) is 0 Å². The SMILES string of the molecule is CC(=O)Nc1cnc2c(c1)c(C(=O)NCc1ccc(F)cc1)cn2C. The van der Waals surface area contributed by atoms with Crippen LogP contribution in [0.4, 0.5) is 10.1 Å². The molecule has 0 aliphatic rings. The summed E-state index contributed by atoms with van der Waals surface area (Å²) in [6, 6.07) is 7.66. The third kappa shape index (κ3) is 3.65.